The van der Waals surface area contributed by atoms with Crippen LogP contribution in [0.2, 0.25) is 0 Å². The first-order chi connectivity index (χ1) is 9.06. The summed E-state index contributed by atoms with van der Waals surface area (Å²) in [5.41, 5.74) is 1.60. The minimum absolute atomic E-state index is 0.0817. The van der Waals surface area contributed by atoms with Crippen LogP contribution in [0.25, 0.3) is 0 Å². The summed E-state index contributed by atoms with van der Waals surface area (Å²) in [5.74, 6) is -0.771. The van der Waals surface area contributed by atoms with Gasteiger partial charge in [0.15, 0.2) is 0 Å². The minimum Gasteiger partial charge on any atom is -0.477 e. The van der Waals surface area contributed by atoms with E-state index in [1.807, 2.05) is 0 Å². The van der Waals surface area contributed by atoms with Gasteiger partial charge in [0, 0.05) is 0 Å². The zero-order valence-corrected chi connectivity index (χ0v) is 10.2. The summed E-state index contributed by atoms with van der Waals surface area (Å²) in [7, 11) is 0. The quantitative estimate of drug-likeness (QED) is 0.869. The summed E-state index contributed by atoms with van der Waals surface area (Å²) in [5, 5.41) is 16.5. The number of halogens is 1. The van der Waals surface area contributed by atoms with Gasteiger partial charge in [-0.25, -0.2) is 13.9 Å². The molecule has 3 rings (SSSR count). The van der Waals surface area contributed by atoms with Crippen molar-refractivity contribution in [1.82, 2.24) is 9.78 Å². The summed E-state index contributed by atoms with van der Waals surface area (Å²) < 4.78 is 14.5. The maximum absolute atomic E-state index is 12.9. The highest BCUT2D eigenvalue weighted by atomic mass is 19.1. The number of nitrogens with zero attached hydrogens (tertiary/aromatic N) is 2. The van der Waals surface area contributed by atoms with Gasteiger partial charge < -0.3 is 10.4 Å². The monoisotopic (exact) mass is 261 g/mol. The molecule has 0 bridgehead atoms. The number of rotatable bonds is 2. The molecule has 0 unspecified atom stereocenters. The second kappa shape index (κ2) is 4.08. The molecule has 98 valence electrons. The van der Waals surface area contributed by atoms with Crippen molar-refractivity contribution in [2.45, 2.75) is 19.5 Å². The van der Waals surface area contributed by atoms with Crippen LogP contribution in [-0.4, -0.2) is 20.9 Å². The lowest BCUT2D eigenvalue weighted by Crippen LogP contribution is -2.09. The molecule has 0 radical (unpaired) electrons. The molecule has 1 aliphatic heterocycles. The van der Waals surface area contributed by atoms with E-state index in [2.05, 4.69) is 10.4 Å². The molecule has 0 amide bonds. The Balaban J connectivity index is 1.92. The fourth-order valence-corrected chi connectivity index (χ4v) is 2.38. The molecule has 1 aliphatic rings. The first kappa shape index (κ1) is 11.7. The lowest BCUT2D eigenvalue weighted by atomic mass is 10.1. The van der Waals surface area contributed by atoms with Gasteiger partial charge in [-0.1, -0.05) is 12.1 Å². The second-order valence-electron chi connectivity index (χ2n) is 4.54. The van der Waals surface area contributed by atoms with Crippen LogP contribution in [-0.2, 0) is 6.54 Å². The van der Waals surface area contributed by atoms with Crippen molar-refractivity contribution in [3.8, 4) is 0 Å². The summed E-state index contributed by atoms with van der Waals surface area (Å²) in [6, 6.07) is 6.07. The maximum Gasteiger partial charge on any atom is 0.341 e. The molecule has 0 fully saturated rings. The zero-order valence-electron chi connectivity index (χ0n) is 10.2. The molecule has 0 aliphatic carbocycles. The number of aromatic nitrogens is 2. The number of hydrogen-bond donors (Lipinski definition) is 2. The zero-order chi connectivity index (χ0) is 13.6. The van der Waals surface area contributed by atoms with E-state index in [9.17, 15) is 9.18 Å². The second-order valence-corrected chi connectivity index (χ2v) is 4.54. The van der Waals surface area contributed by atoms with Crippen molar-refractivity contribution in [3.05, 3.63) is 46.9 Å². The Labute approximate surface area is 108 Å². The SMILES string of the molecule is Cc1nn2c(c1C(=O)O)N[C@@H](c1ccc(F)cc1)C2. The van der Waals surface area contributed by atoms with Crippen molar-refractivity contribution in [1.29, 1.82) is 0 Å². The molecule has 19 heavy (non-hydrogen) atoms. The van der Waals surface area contributed by atoms with E-state index in [-0.39, 0.29) is 17.4 Å². The third-order valence-electron chi connectivity index (χ3n) is 3.28. The number of aromatic carboxylic acids is 1. The molecule has 2 heterocycles. The topological polar surface area (TPSA) is 67.2 Å². The lowest BCUT2D eigenvalue weighted by Gasteiger charge is -2.11. The van der Waals surface area contributed by atoms with Gasteiger partial charge in [0.25, 0.3) is 0 Å². The highest BCUT2D eigenvalue weighted by Crippen LogP contribution is 2.32. The Morgan fingerprint density at radius 3 is 2.79 bits per heavy atom. The van der Waals surface area contributed by atoms with E-state index in [1.54, 1.807) is 23.7 Å². The average molecular weight is 261 g/mol. The first-order valence-corrected chi connectivity index (χ1v) is 5.89. The van der Waals surface area contributed by atoms with Crippen LogP contribution >= 0.6 is 0 Å². The van der Waals surface area contributed by atoms with Crippen LogP contribution in [0, 0.1) is 12.7 Å². The van der Waals surface area contributed by atoms with Crippen LogP contribution in [0.4, 0.5) is 10.2 Å². The highest BCUT2D eigenvalue weighted by molar-refractivity contribution is 5.95. The van der Waals surface area contributed by atoms with Crippen LogP contribution in [0.3, 0.4) is 0 Å². The molecule has 2 N–H and O–H groups in total. The minimum atomic E-state index is -0.994. The van der Waals surface area contributed by atoms with Crippen LogP contribution < -0.4 is 5.32 Å². The van der Waals surface area contributed by atoms with E-state index in [0.717, 1.165) is 5.56 Å². The van der Waals surface area contributed by atoms with E-state index >= 15 is 0 Å². The molecule has 1 aromatic heterocycles. The van der Waals surface area contributed by atoms with E-state index in [1.165, 1.54) is 12.1 Å². The number of benzene rings is 1. The number of carbonyl (C=O) groups is 1. The van der Waals surface area contributed by atoms with Gasteiger partial charge in [-0.3, -0.25) is 0 Å². The Bertz CT molecular complexity index is 649. The summed E-state index contributed by atoms with van der Waals surface area (Å²) in [6.07, 6.45) is 0. The van der Waals surface area contributed by atoms with Gasteiger partial charge in [0.05, 0.1) is 18.3 Å². The predicted molar refractivity (Wildman–Crippen MR) is 66.7 cm³/mol. The largest absolute Gasteiger partial charge is 0.477 e. The molecule has 6 heteroatoms. The number of fused-ring (bicyclic) bond motifs is 1. The summed E-state index contributed by atoms with van der Waals surface area (Å²) >= 11 is 0. The Morgan fingerprint density at radius 1 is 1.47 bits per heavy atom. The Hall–Kier alpha value is -2.37. The van der Waals surface area contributed by atoms with Crippen molar-refractivity contribution in [2.75, 3.05) is 5.32 Å². The van der Waals surface area contributed by atoms with Crippen molar-refractivity contribution in [3.63, 3.8) is 0 Å². The maximum atomic E-state index is 12.9. The Morgan fingerprint density at radius 2 is 2.16 bits per heavy atom. The summed E-state index contributed by atoms with van der Waals surface area (Å²) in [4.78, 5) is 11.2. The number of aryl methyl sites for hydroxylation is 1. The van der Waals surface area contributed by atoms with Gasteiger partial charge in [0.2, 0.25) is 0 Å². The molecule has 2 aromatic rings. The van der Waals surface area contributed by atoms with Gasteiger partial charge in [-0.15, -0.1) is 0 Å². The third-order valence-corrected chi connectivity index (χ3v) is 3.28. The molecule has 0 saturated heterocycles. The van der Waals surface area contributed by atoms with Crippen molar-refractivity contribution in [2.24, 2.45) is 0 Å². The fraction of sp³-hybridized carbons (Fsp3) is 0.231. The van der Waals surface area contributed by atoms with Gasteiger partial charge in [0.1, 0.15) is 17.2 Å². The first-order valence-electron chi connectivity index (χ1n) is 5.89. The highest BCUT2D eigenvalue weighted by Gasteiger charge is 2.30. The summed E-state index contributed by atoms with van der Waals surface area (Å²) in [6.45, 7) is 2.21. The standard InChI is InChI=1S/C13H12FN3O2/c1-7-11(13(18)19)12-15-10(6-17(12)16-7)8-2-4-9(14)5-3-8/h2-5,10,15H,6H2,1H3,(H,18,19)/t10-/m1/s1. The third kappa shape index (κ3) is 1.85. The smallest absolute Gasteiger partial charge is 0.341 e. The fourth-order valence-electron chi connectivity index (χ4n) is 2.38. The molecule has 1 aromatic carbocycles. The van der Waals surface area contributed by atoms with E-state index in [4.69, 9.17) is 5.11 Å². The molecule has 0 saturated carbocycles. The number of anilines is 1. The van der Waals surface area contributed by atoms with E-state index in [0.29, 0.717) is 18.1 Å². The molecular formula is C13H12FN3O2. The number of hydrogen-bond acceptors (Lipinski definition) is 3. The van der Waals surface area contributed by atoms with Crippen molar-refractivity contribution < 1.29 is 14.3 Å². The normalized spacial score (nSPS) is 17.1. The van der Waals surface area contributed by atoms with Crippen molar-refractivity contribution >= 4 is 11.8 Å². The van der Waals surface area contributed by atoms with Crippen LogP contribution in [0.5, 0.6) is 0 Å². The lowest BCUT2D eigenvalue weighted by molar-refractivity contribution is 0.0697. The van der Waals surface area contributed by atoms with Crippen LogP contribution in [0.1, 0.15) is 27.7 Å². The number of carboxylic acids is 1. The predicted octanol–water partition coefficient (Wildman–Crippen LogP) is 2.20. The molecular weight excluding hydrogens is 249 g/mol. The Kier molecular flexibility index (Phi) is 2.51. The van der Waals surface area contributed by atoms with Crippen LogP contribution in [0.15, 0.2) is 24.3 Å². The van der Waals surface area contributed by atoms with Gasteiger partial charge >= 0.3 is 5.97 Å². The van der Waals surface area contributed by atoms with Gasteiger partial charge in [-0.2, -0.15) is 5.10 Å². The average Bonchev–Trinajstić information content (AvgIpc) is 2.85. The van der Waals surface area contributed by atoms with Gasteiger partial charge in [-0.05, 0) is 24.6 Å². The molecule has 0 spiro atoms. The number of nitrogens with one attached hydrogen (secondary N) is 1. The van der Waals surface area contributed by atoms with E-state index < -0.39 is 5.97 Å². The molecule has 1 atom stereocenters. The number of carboxylic acid groups (broad SMARTS) is 1. The molecule has 5 nitrogen and oxygen atoms in total.